The fourth-order valence-corrected chi connectivity index (χ4v) is 3.10. The maximum Gasteiger partial charge on any atom is 0.225 e. The number of amides is 2. The van der Waals surface area contributed by atoms with Gasteiger partial charge >= 0.3 is 0 Å². The lowest BCUT2D eigenvalue weighted by molar-refractivity contribution is -0.131. The second-order valence-electron chi connectivity index (χ2n) is 6.44. The number of benzene rings is 1. The monoisotopic (exact) mass is 389 g/mol. The number of nitrogens with zero attached hydrogens (tertiary/aromatic N) is 5. The lowest BCUT2D eigenvalue weighted by Gasteiger charge is -2.35. The summed E-state index contributed by atoms with van der Waals surface area (Å²) in [7, 11) is 0. The highest BCUT2D eigenvalue weighted by Gasteiger charge is 2.23. The fourth-order valence-electron chi connectivity index (χ4n) is 3.10. The Morgan fingerprint density at radius 3 is 2.36 bits per heavy atom. The SMILES string of the molecule is CC(=O)N(CCC(=O)N1CCN(c2ncccn2)CC1)c1ccc(F)c(F)c1. The van der Waals surface area contributed by atoms with Crippen LogP contribution >= 0.6 is 0 Å². The van der Waals surface area contributed by atoms with Crippen molar-refractivity contribution >= 4 is 23.5 Å². The van der Waals surface area contributed by atoms with Crippen molar-refractivity contribution in [2.75, 3.05) is 42.5 Å². The van der Waals surface area contributed by atoms with Crippen molar-refractivity contribution in [1.82, 2.24) is 14.9 Å². The fraction of sp³-hybridized carbons (Fsp3) is 0.368. The van der Waals surface area contributed by atoms with Crippen LogP contribution in [0.15, 0.2) is 36.7 Å². The zero-order valence-corrected chi connectivity index (χ0v) is 15.5. The number of anilines is 2. The first-order valence-corrected chi connectivity index (χ1v) is 8.98. The van der Waals surface area contributed by atoms with E-state index >= 15 is 0 Å². The van der Waals surface area contributed by atoms with Crippen molar-refractivity contribution in [1.29, 1.82) is 0 Å². The third-order valence-electron chi connectivity index (χ3n) is 4.61. The summed E-state index contributed by atoms with van der Waals surface area (Å²) >= 11 is 0. The first kappa shape index (κ1) is 19.7. The highest BCUT2D eigenvalue weighted by atomic mass is 19.2. The molecule has 0 N–H and O–H groups in total. The Morgan fingerprint density at radius 2 is 1.75 bits per heavy atom. The summed E-state index contributed by atoms with van der Waals surface area (Å²) < 4.78 is 26.6. The molecule has 0 bridgehead atoms. The molecule has 2 aromatic rings. The minimum absolute atomic E-state index is 0.0949. The van der Waals surface area contributed by atoms with Gasteiger partial charge in [-0.3, -0.25) is 9.59 Å². The van der Waals surface area contributed by atoms with Crippen molar-refractivity contribution in [3.05, 3.63) is 48.3 Å². The van der Waals surface area contributed by atoms with Crippen molar-refractivity contribution < 1.29 is 18.4 Å². The van der Waals surface area contributed by atoms with Gasteiger partial charge in [0.1, 0.15) is 0 Å². The lowest BCUT2D eigenvalue weighted by Crippen LogP contribution is -2.49. The molecule has 1 aliphatic heterocycles. The highest BCUT2D eigenvalue weighted by molar-refractivity contribution is 5.92. The van der Waals surface area contributed by atoms with Crippen LogP contribution in [0.4, 0.5) is 20.4 Å². The van der Waals surface area contributed by atoms with Gasteiger partial charge in [-0.2, -0.15) is 0 Å². The van der Waals surface area contributed by atoms with Gasteiger partial charge in [-0.05, 0) is 18.2 Å². The summed E-state index contributed by atoms with van der Waals surface area (Å²) in [6.45, 7) is 3.72. The van der Waals surface area contributed by atoms with E-state index in [2.05, 4.69) is 9.97 Å². The number of piperazine rings is 1. The summed E-state index contributed by atoms with van der Waals surface area (Å²) in [5.41, 5.74) is 0.227. The summed E-state index contributed by atoms with van der Waals surface area (Å²) in [5, 5.41) is 0. The summed E-state index contributed by atoms with van der Waals surface area (Å²) in [6.07, 6.45) is 3.45. The Kier molecular flexibility index (Phi) is 6.13. The predicted molar refractivity (Wildman–Crippen MR) is 99.8 cm³/mol. The Hall–Kier alpha value is -3.10. The van der Waals surface area contributed by atoms with E-state index in [1.165, 1.54) is 17.9 Å². The molecule has 3 rings (SSSR count). The van der Waals surface area contributed by atoms with Gasteiger partial charge in [0.15, 0.2) is 11.6 Å². The Morgan fingerprint density at radius 1 is 1.07 bits per heavy atom. The molecule has 1 aliphatic rings. The Balaban J connectivity index is 1.55. The molecule has 7 nitrogen and oxygen atoms in total. The molecule has 9 heteroatoms. The van der Waals surface area contributed by atoms with E-state index in [-0.39, 0.29) is 30.5 Å². The number of hydrogen-bond acceptors (Lipinski definition) is 5. The van der Waals surface area contributed by atoms with Crippen molar-refractivity contribution in [3.8, 4) is 0 Å². The quantitative estimate of drug-likeness (QED) is 0.781. The van der Waals surface area contributed by atoms with E-state index < -0.39 is 11.6 Å². The molecule has 0 atom stereocenters. The van der Waals surface area contributed by atoms with Gasteiger partial charge in [-0.15, -0.1) is 0 Å². The largest absolute Gasteiger partial charge is 0.339 e. The predicted octanol–water partition coefficient (Wildman–Crippen LogP) is 1.85. The molecule has 0 saturated carbocycles. The van der Waals surface area contributed by atoms with Crippen LogP contribution in [0.2, 0.25) is 0 Å². The third kappa shape index (κ3) is 4.59. The van der Waals surface area contributed by atoms with Crippen LogP contribution in [-0.4, -0.2) is 59.4 Å². The molecule has 1 saturated heterocycles. The van der Waals surface area contributed by atoms with Gasteiger partial charge in [0.25, 0.3) is 0 Å². The second kappa shape index (κ2) is 8.73. The molecular weight excluding hydrogens is 368 g/mol. The molecule has 2 amide bonds. The number of halogens is 2. The van der Waals surface area contributed by atoms with Crippen LogP contribution in [0, 0.1) is 11.6 Å². The molecule has 28 heavy (non-hydrogen) atoms. The van der Waals surface area contributed by atoms with E-state index in [1.54, 1.807) is 23.4 Å². The third-order valence-corrected chi connectivity index (χ3v) is 4.61. The zero-order chi connectivity index (χ0) is 20.1. The molecular formula is C19H21F2N5O2. The van der Waals surface area contributed by atoms with Gasteiger partial charge in [0, 0.05) is 70.2 Å². The maximum absolute atomic E-state index is 13.5. The minimum atomic E-state index is -1.03. The van der Waals surface area contributed by atoms with E-state index in [0.717, 1.165) is 12.1 Å². The Labute approximate surface area is 161 Å². The van der Waals surface area contributed by atoms with Crippen LogP contribution < -0.4 is 9.80 Å². The average Bonchev–Trinajstić information content (AvgIpc) is 2.71. The summed E-state index contributed by atoms with van der Waals surface area (Å²) in [6, 6.07) is 4.99. The van der Waals surface area contributed by atoms with E-state index in [9.17, 15) is 18.4 Å². The first-order valence-electron chi connectivity index (χ1n) is 8.98. The van der Waals surface area contributed by atoms with Gasteiger partial charge in [0.05, 0.1) is 0 Å². The van der Waals surface area contributed by atoms with Crippen molar-refractivity contribution in [2.24, 2.45) is 0 Å². The molecule has 0 unspecified atom stereocenters. The molecule has 0 spiro atoms. The van der Waals surface area contributed by atoms with Crippen LogP contribution in [0.1, 0.15) is 13.3 Å². The Bertz CT molecular complexity index is 841. The number of hydrogen-bond donors (Lipinski definition) is 0. The molecule has 0 radical (unpaired) electrons. The normalized spacial score (nSPS) is 14.1. The van der Waals surface area contributed by atoms with Crippen molar-refractivity contribution in [3.63, 3.8) is 0 Å². The highest BCUT2D eigenvalue weighted by Crippen LogP contribution is 2.19. The molecule has 148 valence electrons. The molecule has 0 aliphatic carbocycles. The van der Waals surface area contributed by atoms with Gasteiger partial charge < -0.3 is 14.7 Å². The van der Waals surface area contributed by atoms with E-state index in [4.69, 9.17) is 0 Å². The zero-order valence-electron chi connectivity index (χ0n) is 15.5. The maximum atomic E-state index is 13.5. The first-order chi connectivity index (χ1) is 13.5. The van der Waals surface area contributed by atoms with Gasteiger partial charge in [0.2, 0.25) is 17.8 Å². The lowest BCUT2D eigenvalue weighted by atomic mass is 10.2. The minimum Gasteiger partial charge on any atom is -0.339 e. The topological polar surface area (TPSA) is 69.6 Å². The number of aromatic nitrogens is 2. The number of rotatable bonds is 5. The molecule has 1 fully saturated rings. The number of carbonyl (C=O) groups excluding carboxylic acids is 2. The molecule has 2 heterocycles. The van der Waals surface area contributed by atoms with Gasteiger partial charge in [-0.1, -0.05) is 0 Å². The molecule has 1 aromatic carbocycles. The summed E-state index contributed by atoms with van der Waals surface area (Å²) in [4.78, 5) is 37.8. The van der Waals surface area contributed by atoms with Crippen LogP contribution in [0.25, 0.3) is 0 Å². The van der Waals surface area contributed by atoms with Crippen LogP contribution in [0.5, 0.6) is 0 Å². The van der Waals surface area contributed by atoms with Crippen LogP contribution in [-0.2, 0) is 9.59 Å². The molecule has 1 aromatic heterocycles. The van der Waals surface area contributed by atoms with Crippen molar-refractivity contribution in [2.45, 2.75) is 13.3 Å². The van der Waals surface area contributed by atoms with E-state index in [0.29, 0.717) is 32.1 Å². The number of carbonyl (C=O) groups is 2. The smallest absolute Gasteiger partial charge is 0.225 e. The standard InChI is InChI=1S/C19H21F2N5O2/c1-14(27)26(15-3-4-16(20)17(21)13-15)8-5-18(28)24-9-11-25(12-10-24)19-22-6-2-7-23-19/h2-4,6-7,13H,5,8-12H2,1H3. The summed E-state index contributed by atoms with van der Waals surface area (Å²) in [5.74, 6) is -1.82. The van der Waals surface area contributed by atoms with E-state index in [1.807, 2.05) is 4.90 Å². The van der Waals surface area contributed by atoms with Gasteiger partial charge in [-0.25, -0.2) is 18.7 Å². The average molecular weight is 389 g/mol. The second-order valence-corrected chi connectivity index (χ2v) is 6.44. The van der Waals surface area contributed by atoms with Crippen LogP contribution in [0.3, 0.4) is 0 Å².